The number of benzene rings is 4. The standard InChI is InChI=1S/C39H38Cl2N3O3Si/c1-39(2,3)37(47-48(30-13-7-5-8-14-30)31-15-9-6-10-16-31)35-32(40)22-23-33(36(35)41)44-25-11-12-29(44)26-43-34(45)24-19-27-17-20-28(21-18-27)38(46)42-4/h5-25,37H,26H2,1-4H3,(H,42,46)(H,43,45). The van der Waals surface area contributed by atoms with Gasteiger partial charge in [-0.25, -0.2) is 0 Å². The molecule has 9 heteroatoms. The fourth-order valence-corrected chi connectivity index (χ4v) is 8.31. The summed E-state index contributed by atoms with van der Waals surface area (Å²) in [5.74, 6) is -0.413. The van der Waals surface area contributed by atoms with Gasteiger partial charge in [0.15, 0.2) is 0 Å². The summed E-state index contributed by atoms with van der Waals surface area (Å²) in [4.78, 5) is 24.5. The van der Waals surface area contributed by atoms with Crippen LogP contribution in [0.3, 0.4) is 0 Å². The van der Waals surface area contributed by atoms with E-state index in [1.165, 1.54) is 6.08 Å². The molecule has 5 aromatic rings. The summed E-state index contributed by atoms with van der Waals surface area (Å²) in [5.41, 5.74) is 3.32. The molecule has 0 aliphatic rings. The van der Waals surface area contributed by atoms with Crippen LogP contribution in [-0.4, -0.2) is 32.5 Å². The van der Waals surface area contributed by atoms with Gasteiger partial charge in [0, 0.05) is 41.2 Å². The minimum Gasteiger partial charge on any atom is -0.400 e. The van der Waals surface area contributed by atoms with Crippen LogP contribution in [-0.2, 0) is 15.8 Å². The van der Waals surface area contributed by atoms with Crippen LogP contribution in [0.2, 0.25) is 10.0 Å². The monoisotopic (exact) mass is 694 g/mol. The van der Waals surface area contributed by atoms with Gasteiger partial charge in [-0.3, -0.25) is 9.59 Å². The van der Waals surface area contributed by atoms with Crippen LogP contribution in [0.25, 0.3) is 11.8 Å². The fraction of sp³-hybridized carbons (Fsp3) is 0.179. The van der Waals surface area contributed by atoms with Crippen LogP contribution in [0.15, 0.2) is 121 Å². The number of carbonyl (C=O) groups excluding carboxylic acids is 2. The average molecular weight is 696 g/mol. The van der Waals surface area contributed by atoms with Crippen LogP contribution in [0, 0.1) is 5.41 Å². The fourth-order valence-electron chi connectivity index (χ4n) is 5.35. The molecule has 1 radical (unpaired) electrons. The molecule has 0 bridgehead atoms. The summed E-state index contributed by atoms with van der Waals surface area (Å²) in [7, 11) is -0.0947. The van der Waals surface area contributed by atoms with E-state index in [1.807, 2.05) is 71.4 Å². The van der Waals surface area contributed by atoms with E-state index >= 15 is 0 Å². The predicted molar refractivity (Wildman–Crippen MR) is 198 cm³/mol. The first-order chi connectivity index (χ1) is 23.1. The van der Waals surface area contributed by atoms with Gasteiger partial charge in [0.05, 0.1) is 23.4 Å². The third kappa shape index (κ3) is 8.35. The van der Waals surface area contributed by atoms with Gasteiger partial charge >= 0.3 is 0 Å². The molecule has 48 heavy (non-hydrogen) atoms. The number of rotatable bonds is 11. The Morgan fingerprint density at radius 1 is 0.854 bits per heavy atom. The van der Waals surface area contributed by atoms with Crippen molar-refractivity contribution in [2.24, 2.45) is 5.41 Å². The van der Waals surface area contributed by atoms with Crippen molar-refractivity contribution in [1.82, 2.24) is 15.2 Å². The lowest BCUT2D eigenvalue weighted by Gasteiger charge is -2.36. The molecule has 0 fully saturated rings. The largest absolute Gasteiger partial charge is 0.400 e. The predicted octanol–water partition coefficient (Wildman–Crippen LogP) is 7.38. The molecule has 2 N–H and O–H groups in total. The van der Waals surface area contributed by atoms with E-state index < -0.39 is 15.1 Å². The second kappa shape index (κ2) is 15.7. The Morgan fingerprint density at radius 2 is 1.48 bits per heavy atom. The van der Waals surface area contributed by atoms with Crippen molar-refractivity contribution >= 4 is 60.5 Å². The number of carbonyl (C=O) groups is 2. The lowest BCUT2D eigenvalue weighted by molar-refractivity contribution is -0.116. The second-order valence-electron chi connectivity index (χ2n) is 12.3. The minimum absolute atomic E-state index is 0.162. The third-order valence-corrected chi connectivity index (χ3v) is 10.7. The van der Waals surface area contributed by atoms with Gasteiger partial charge in [-0.15, -0.1) is 0 Å². The van der Waals surface area contributed by atoms with Crippen LogP contribution in [0.5, 0.6) is 0 Å². The van der Waals surface area contributed by atoms with Gasteiger partial charge in [-0.05, 0) is 63.8 Å². The molecule has 0 aliphatic heterocycles. The van der Waals surface area contributed by atoms with Gasteiger partial charge < -0.3 is 19.6 Å². The Morgan fingerprint density at radius 3 is 2.06 bits per heavy atom. The number of hydrogen-bond donors (Lipinski definition) is 2. The van der Waals surface area contributed by atoms with Crippen LogP contribution < -0.4 is 21.0 Å². The molecule has 5 rings (SSSR count). The van der Waals surface area contributed by atoms with E-state index in [9.17, 15) is 9.59 Å². The molecular formula is C39H38Cl2N3O3Si. The quantitative estimate of drug-likeness (QED) is 0.112. The number of amides is 2. The Balaban J connectivity index is 1.40. The molecule has 0 saturated carbocycles. The Bertz CT molecular complexity index is 1850. The minimum atomic E-state index is -1.68. The third-order valence-electron chi connectivity index (χ3n) is 7.83. The topological polar surface area (TPSA) is 72.4 Å². The number of nitrogens with zero attached hydrogens (tertiary/aromatic N) is 1. The Kier molecular flexibility index (Phi) is 11.4. The highest BCUT2D eigenvalue weighted by molar-refractivity contribution is 6.80. The van der Waals surface area contributed by atoms with E-state index in [-0.39, 0.29) is 23.8 Å². The molecule has 1 unspecified atom stereocenters. The molecule has 6 nitrogen and oxygen atoms in total. The summed E-state index contributed by atoms with van der Waals surface area (Å²) in [5, 5.41) is 8.84. The van der Waals surface area contributed by atoms with Gasteiger partial charge in [0.25, 0.3) is 14.9 Å². The van der Waals surface area contributed by atoms with E-state index in [1.54, 1.807) is 37.4 Å². The normalized spacial score (nSPS) is 12.3. The molecule has 4 aromatic carbocycles. The van der Waals surface area contributed by atoms with Crippen molar-refractivity contribution in [2.75, 3.05) is 7.05 Å². The molecule has 1 atom stereocenters. The summed E-state index contributed by atoms with van der Waals surface area (Å²) in [6.45, 7) is 6.67. The van der Waals surface area contributed by atoms with E-state index in [4.69, 9.17) is 27.6 Å². The first-order valence-corrected chi connectivity index (χ1v) is 17.8. The lowest BCUT2D eigenvalue weighted by atomic mass is 9.84. The molecule has 0 spiro atoms. The van der Waals surface area contributed by atoms with Gasteiger partial charge in [-0.2, -0.15) is 0 Å². The van der Waals surface area contributed by atoms with E-state index in [0.29, 0.717) is 15.6 Å². The molecule has 0 saturated heterocycles. The smallest absolute Gasteiger partial charge is 0.283 e. The molecule has 245 valence electrons. The van der Waals surface area contributed by atoms with E-state index in [0.717, 1.165) is 32.9 Å². The van der Waals surface area contributed by atoms with Crippen LogP contribution >= 0.6 is 23.2 Å². The molecule has 1 heterocycles. The number of aromatic nitrogens is 1. The highest BCUT2D eigenvalue weighted by Gasteiger charge is 2.36. The van der Waals surface area contributed by atoms with Crippen molar-refractivity contribution in [3.63, 3.8) is 0 Å². The SMILES string of the molecule is CNC(=O)c1ccc(C=CC(=O)NCc2cccn2-c2ccc(Cl)c(C(O[Si](c3ccccc3)c3ccccc3)C(C)(C)C)c2Cl)cc1. The molecule has 1 aromatic heterocycles. The molecule has 2 amide bonds. The Hall–Kier alpha value is -4.40. The molecule has 0 aliphatic carbocycles. The number of nitrogens with one attached hydrogen (secondary N) is 2. The molecular weight excluding hydrogens is 657 g/mol. The Labute approximate surface area is 294 Å². The van der Waals surface area contributed by atoms with Crippen LogP contribution in [0.4, 0.5) is 0 Å². The first-order valence-electron chi connectivity index (χ1n) is 15.6. The van der Waals surface area contributed by atoms with Crippen LogP contribution in [0.1, 0.15) is 54.1 Å². The summed E-state index contributed by atoms with van der Waals surface area (Å²) < 4.78 is 9.10. The summed E-state index contributed by atoms with van der Waals surface area (Å²) in [6, 6.07) is 35.2. The van der Waals surface area contributed by atoms with E-state index in [2.05, 4.69) is 55.7 Å². The summed E-state index contributed by atoms with van der Waals surface area (Å²) >= 11 is 14.2. The average Bonchev–Trinajstić information content (AvgIpc) is 3.56. The van der Waals surface area contributed by atoms with Crippen molar-refractivity contribution < 1.29 is 14.0 Å². The van der Waals surface area contributed by atoms with Gasteiger partial charge in [0.2, 0.25) is 5.91 Å². The highest BCUT2D eigenvalue weighted by atomic mass is 35.5. The number of hydrogen-bond acceptors (Lipinski definition) is 3. The highest BCUT2D eigenvalue weighted by Crippen LogP contribution is 2.45. The van der Waals surface area contributed by atoms with Gasteiger partial charge in [-0.1, -0.05) is 117 Å². The zero-order chi connectivity index (χ0) is 34.3. The van der Waals surface area contributed by atoms with Crippen molar-refractivity contribution in [1.29, 1.82) is 0 Å². The van der Waals surface area contributed by atoms with Crippen molar-refractivity contribution in [2.45, 2.75) is 33.4 Å². The second-order valence-corrected chi connectivity index (χ2v) is 15.2. The first kappa shape index (κ1) is 34.9. The lowest BCUT2D eigenvalue weighted by Crippen LogP contribution is -2.47. The van der Waals surface area contributed by atoms with Gasteiger partial charge in [0.1, 0.15) is 0 Å². The zero-order valence-electron chi connectivity index (χ0n) is 27.3. The zero-order valence-corrected chi connectivity index (χ0v) is 29.8. The maximum atomic E-state index is 12.8. The van der Waals surface area contributed by atoms with Crippen molar-refractivity contribution in [3.8, 4) is 5.69 Å². The van der Waals surface area contributed by atoms with Crippen molar-refractivity contribution in [3.05, 3.63) is 154 Å². The maximum absolute atomic E-state index is 12.8. The summed E-state index contributed by atoms with van der Waals surface area (Å²) in [6.07, 6.45) is 4.67. The maximum Gasteiger partial charge on any atom is 0.283 e. The number of halogens is 2.